The second kappa shape index (κ2) is 10.2. The first-order valence-corrected chi connectivity index (χ1v) is 11.0. The summed E-state index contributed by atoms with van der Waals surface area (Å²) >= 11 is 0. The summed E-state index contributed by atoms with van der Waals surface area (Å²) in [4.78, 5) is 46.6. The number of carbonyl (C=O) groups excluding carboxylic acids is 3. The Hall–Kier alpha value is -4.20. The molecule has 0 N–H and O–H groups in total. The van der Waals surface area contributed by atoms with Crippen LogP contribution in [0.5, 0.6) is 11.5 Å². The van der Waals surface area contributed by atoms with E-state index in [2.05, 4.69) is 4.98 Å². The molecule has 2 heterocycles. The fourth-order valence-electron chi connectivity index (χ4n) is 3.90. The number of carbonyl (C=O) groups is 3. The molecule has 1 unspecified atom stereocenters. The van der Waals surface area contributed by atoms with Gasteiger partial charge in [0.1, 0.15) is 17.5 Å². The number of benzene rings is 2. The number of hydrogen-bond donors (Lipinski definition) is 0. The quantitative estimate of drug-likeness (QED) is 0.480. The normalized spacial score (nSPS) is 15.4. The molecule has 3 aromatic rings. The lowest BCUT2D eigenvalue weighted by Gasteiger charge is -2.28. The van der Waals surface area contributed by atoms with Crippen molar-refractivity contribution in [3.8, 4) is 11.5 Å². The first-order chi connectivity index (χ1) is 16.5. The van der Waals surface area contributed by atoms with Crippen LogP contribution < -0.4 is 14.4 Å². The number of imide groups is 1. The maximum absolute atomic E-state index is 13.5. The highest BCUT2D eigenvalue weighted by Gasteiger charge is 2.44. The molecule has 174 valence electrons. The first-order valence-electron chi connectivity index (χ1n) is 11.0. The lowest BCUT2D eigenvalue weighted by atomic mass is 10.1. The molecule has 8 heteroatoms. The van der Waals surface area contributed by atoms with Gasteiger partial charge in [-0.05, 0) is 67.1 Å². The number of ether oxygens (including phenoxy) is 2. The monoisotopic (exact) mass is 459 g/mol. The van der Waals surface area contributed by atoms with Crippen LogP contribution in [0.2, 0.25) is 0 Å². The van der Waals surface area contributed by atoms with E-state index in [0.29, 0.717) is 29.4 Å². The van der Waals surface area contributed by atoms with Gasteiger partial charge >= 0.3 is 0 Å². The standard InChI is InChI=1S/C26H25N3O5/c1-3-34-22-12-8-20(9-13-22)29-24(30)15-23(26(29)32)28(17-18-5-4-14-27-16-18)25(31)19-6-10-21(33-2)11-7-19/h4-14,16,23H,3,15,17H2,1-2H3. The third-order valence-electron chi connectivity index (χ3n) is 5.58. The number of amides is 3. The van der Waals surface area contributed by atoms with Crippen molar-refractivity contribution in [2.75, 3.05) is 18.6 Å². The van der Waals surface area contributed by atoms with Crippen molar-refractivity contribution in [2.24, 2.45) is 0 Å². The molecule has 1 aliphatic rings. The number of rotatable bonds is 8. The summed E-state index contributed by atoms with van der Waals surface area (Å²) in [6.45, 7) is 2.53. The minimum absolute atomic E-state index is 0.103. The number of nitrogens with zero attached hydrogens (tertiary/aromatic N) is 3. The summed E-state index contributed by atoms with van der Waals surface area (Å²) in [5.74, 6) is 0.0999. The van der Waals surface area contributed by atoms with Crippen molar-refractivity contribution in [2.45, 2.75) is 25.9 Å². The molecular weight excluding hydrogens is 434 g/mol. The number of aromatic nitrogens is 1. The van der Waals surface area contributed by atoms with Gasteiger partial charge in [-0.1, -0.05) is 6.07 Å². The fraction of sp³-hybridized carbons (Fsp3) is 0.231. The molecule has 1 saturated heterocycles. The summed E-state index contributed by atoms with van der Waals surface area (Å²) < 4.78 is 10.6. The average molecular weight is 460 g/mol. The Morgan fingerprint density at radius 1 is 1.06 bits per heavy atom. The van der Waals surface area contributed by atoms with Crippen LogP contribution in [0, 0.1) is 0 Å². The molecule has 1 aliphatic heterocycles. The molecule has 1 fully saturated rings. The Balaban J connectivity index is 1.64. The SMILES string of the molecule is CCOc1ccc(N2C(=O)CC(N(Cc3cccnc3)C(=O)c3ccc(OC)cc3)C2=O)cc1. The molecule has 0 radical (unpaired) electrons. The largest absolute Gasteiger partial charge is 0.497 e. The van der Waals surface area contributed by atoms with Gasteiger partial charge in [0.05, 0.1) is 25.8 Å². The molecule has 0 aliphatic carbocycles. The van der Waals surface area contributed by atoms with E-state index in [0.717, 1.165) is 10.5 Å². The van der Waals surface area contributed by atoms with Gasteiger partial charge < -0.3 is 14.4 Å². The predicted molar refractivity (Wildman–Crippen MR) is 126 cm³/mol. The molecule has 0 bridgehead atoms. The number of hydrogen-bond acceptors (Lipinski definition) is 6. The molecule has 0 spiro atoms. The molecule has 2 aromatic carbocycles. The molecule has 34 heavy (non-hydrogen) atoms. The van der Waals surface area contributed by atoms with Crippen molar-refractivity contribution in [1.29, 1.82) is 0 Å². The van der Waals surface area contributed by atoms with Crippen molar-refractivity contribution in [1.82, 2.24) is 9.88 Å². The van der Waals surface area contributed by atoms with Gasteiger partial charge in [-0.25, -0.2) is 4.90 Å². The molecular formula is C26H25N3O5. The Morgan fingerprint density at radius 2 is 1.76 bits per heavy atom. The number of methoxy groups -OCH3 is 1. The second-order valence-corrected chi connectivity index (χ2v) is 7.74. The molecule has 3 amide bonds. The Labute approximate surface area is 197 Å². The third kappa shape index (κ3) is 4.76. The molecule has 1 aromatic heterocycles. The topological polar surface area (TPSA) is 89.0 Å². The fourth-order valence-corrected chi connectivity index (χ4v) is 3.90. The maximum Gasteiger partial charge on any atom is 0.257 e. The van der Waals surface area contributed by atoms with Gasteiger partial charge in [0.2, 0.25) is 5.91 Å². The van der Waals surface area contributed by atoms with Crippen LogP contribution in [0.4, 0.5) is 5.69 Å². The maximum atomic E-state index is 13.5. The zero-order valence-corrected chi connectivity index (χ0v) is 19.0. The average Bonchev–Trinajstić information content (AvgIpc) is 3.17. The summed E-state index contributed by atoms with van der Waals surface area (Å²) in [6.07, 6.45) is 3.17. The van der Waals surface area contributed by atoms with Gasteiger partial charge in [-0.2, -0.15) is 0 Å². The van der Waals surface area contributed by atoms with Crippen LogP contribution in [0.15, 0.2) is 73.1 Å². The summed E-state index contributed by atoms with van der Waals surface area (Å²) in [6, 6.07) is 16.1. The van der Waals surface area contributed by atoms with Crippen LogP contribution >= 0.6 is 0 Å². The van der Waals surface area contributed by atoms with Crippen LogP contribution in [-0.2, 0) is 16.1 Å². The van der Waals surface area contributed by atoms with Crippen LogP contribution in [-0.4, -0.2) is 47.4 Å². The zero-order chi connectivity index (χ0) is 24.1. The van der Waals surface area contributed by atoms with Crippen molar-refractivity contribution >= 4 is 23.4 Å². The second-order valence-electron chi connectivity index (χ2n) is 7.74. The van der Waals surface area contributed by atoms with E-state index in [1.807, 2.05) is 13.0 Å². The number of pyridine rings is 1. The minimum atomic E-state index is -0.936. The van der Waals surface area contributed by atoms with E-state index < -0.39 is 11.9 Å². The Morgan fingerprint density at radius 3 is 2.38 bits per heavy atom. The lowest BCUT2D eigenvalue weighted by Crippen LogP contribution is -2.45. The Kier molecular flexibility index (Phi) is 6.87. The third-order valence-corrected chi connectivity index (χ3v) is 5.58. The predicted octanol–water partition coefficient (Wildman–Crippen LogP) is 3.46. The van der Waals surface area contributed by atoms with Gasteiger partial charge in [0.25, 0.3) is 11.8 Å². The van der Waals surface area contributed by atoms with E-state index in [1.54, 1.807) is 74.1 Å². The van der Waals surface area contributed by atoms with Crippen LogP contribution in [0.1, 0.15) is 29.3 Å². The summed E-state index contributed by atoms with van der Waals surface area (Å²) in [7, 11) is 1.55. The smallest absolute Gasteiger partial charge is 0.257 e. The van der Waals surface area contributed by atoms with E-state index in [-0.39, 0.29) is 24.8 Å². The van der Waals surface area contributed by atoms with E-state index in [9.17, 15) is 14.4 Å². The lowest BCUT2D eigenvalue weighted by molar-refractivity contribution is -0.122. The number of anilines is 1. The molecule has 8 nitrogen and oxygen atoms in total. The molecule has 4 rings (SSSR count). The summed E-state index contributed by atoms with van der Waals surface area (Å²) in [5, 5.41) is 0. The molecule has 0 saturated carbocycles. The van der Waals surface area contributed by atoms with Gasteiger partial charge in [-0.15, -0.1) is 0 Å². The van der Waals surface area contributed by atoms with Crippen LogP contribution in [0.3, 0.4) is 0 Å². The van der Waals surface area contributed by atoms with E-state index in [4.69, 9.17) is 9.47 Å². The highest BCUT2D eigenvalue weighted by atomic mass is 16.5. The minimum Gasteiger partial charge on any atom is -0.497 e. The first kappa shape index (κ1) is 23.0. The molecule has 1 atom stereocenters. The summed E-state index contributed by atoms with van der Waals surface area (Å²) in [5.41, 5.74) is 1.59. The van der Waals surface area contributed by atoms with Crippen LogP contribution in [0.25, 0.3) is 0 Å². The zero-order valence-electron chi connectivity index (χ0n) is 19.0. The van der Waals surface area contributed by atoms with Gasteiger partial charge in [0, 0.05) is 24.5 Å². The van der Waals surface area contributed by atoms with Gasteiger partial charge in [-0.3, -0.25) is 19.4 Å². The van der Waals surface area contributed by atoms with Crippen molar-refractivity contribution < 1.29 is 23.9 Å². The van der Waals surface area contributed by atoms with E-state index >= 15 is 0 Å². The van der Waals surface area contributed by atoms with Crippen molar-refractivity contribution in [3.05, 3.63) is 84.2 Å². The Bertz CT molecular complexity index is 1160. The van der Waals surface area contributed by atoms with E-state index in [1.165, 1.54) is 4.90 Å². The highest BCUT2D eigenvalue weighted by Crippen LogP contribution is 2.29. The van der Waals surface area contributed by atoms with Gasteiger partial charge in [0.15, 0.2) is 0 Å². The van der Waals surface area contributed by atoms with Crippen molar-refractivity contribution in [3.63, 3.8) is 0 Å². The highest BCUT2D eigenvalue weighted by molar-refractivity contribution is 6.23.